The van der Waals surface area contributed by atoms with Crippen LogP contribution < -0.4 is 15.1 Å². The largest absolute Gasteiger partial charge is 0.386 e. The molecule has 0 saturated carbocycles. The molecule has 5 nitrogen and oxygen atoms in total. The Balaban J connectivity index is 1.24. The quantitative estimate of drug-likeness (QED) is 0.200. The van der Waals surface area contributed by atoms with Gasteiger partial charge < -0.3 is 9.88 Å². The highest BCUT2D eigenvalue weighted by Gasteiger charge is 2.21. The zero-order chi connectivity index (χ0) is 33.5. The molecule has 0 bridgehead atoms. The molecule has 11 rings (SSSR count). The van der Waals surface area contributed by atoms with Gasteiger partial charge in [0.2, 0.25) is 0 Å². The van der Waals surface area contributed by atoms with Crippen molar-refractivity contribution in [2.45, 2.75) is 0 Å². The van der Waals surface area contributed by atoms with Crippen molar-refractivity contribution in [1.29, 1.82) is 0 Å². The van der Waals surface area contributed by atoms with Gasteiger partial charge in [-0.25, -0.2) is 15.0 Å². The van der Waals surface area contributed by atoms with Gasteiger partial charge in [-0.3, -0.25) is 0 Å². The Labute approximate surface area is 300 Å². The van der Waals surface area contributed by atoms with Gasteiger partial charge in [-0.1, -0.05) is 103 Å². The van der Waals surface area contributed by atoms with E-state index in [0.29, 0.717) is 17.5 Å². The fourth-order valence-electron chi connectivity index (χ4n) is 7.60. The van der Waals surface area contributed by atoms with E-state index in [1.54, 1.807) is 22.7 Å². The Morgan fingerprint density at radius 2 is 1.18 bits per heavy atom. The van der Waals surface area contributed by atoms with Gasteiger partial charge in [-0.2, -0.15) is 0 Å². The molecule has 1 aliphatic heterocycles. The third-order valence-corrected chi connectivity index (χ3v) is 12.3. The molecule has 0 saturated heterocycles. The first kappa shape index (κ1) is 28.7. The normalized spacial score (nSPS) is 12.7. The van der Waals surface area contributed by atoms with Crippen LogP contribution >= 0.6 is 22.7 Å². The van der Waals surface area contributed by atoms with Gasteiger partial charge >= 0.3 is 0 Å². The molecule has 7 heteroatoms. The molecule has 0 radical (unpaired) electrons. The number of rotatable bonds is 4. The molecule has 0 aliphatic carbocycles. The summed E-state index contributed by atoms with van der Waals surface area (Å²) in [5.41, 5.74) is 6.39. The highest BCUT2D eigenvalue weighted by molar-refractivity contribution is 7.26. The minimum Gasteiger partial charge on any atom is -0.386 e. The molecular formula is C44H27N5S2. The van der Waals surface area contributed by atoms with Crippen LogP contribution in [-0.2, 0) is 0 Å². The van der Waals surface area contributed by atoms with Crippen LogP contribution in [0, 0.1) is 0 Å². The standard InChI is InChI=1S/C44H27N5S2/c1-2-11-26(12-3-1)42-46-43(33-17-10-16-32-30-15-6-9-20-38(30)50-40(32)33)48-44(47-42)35-24-27(23-34-31-21-22-45-25-39(31)51-41(34)35)49-36-18-7-4-13-28(36)29-14-5-8-19-37(29)49/h1-21,23-25,45H,22H2. The molecule has 0 amide bonds. The Morgan fingerprint density at radius 3 is 1.98 bits per heavy atom. The number of nitrogens with zero attached hydrogens (tertiary/aromatic N) is 4. The lowest BCUT2D eigenvalue weighted by Gasteiger charge is -2.13. The first-order chi connectivity index (χ1) is 25.3. The summed E-state index contributed by atoms with van der Waals surface area (Å²) in [7, 11) is 0. The molecule has 240 valence electrons. The van der Waals surface area contributed by atoms with E-state index >= 15 is 0 Å². The second-order valence-electron chi connectivity index (χ2n) is 12.8. The molecule has 0 unspecified atom stereocenters. The molecule has 0 spiro atoms. The SMILES string of the molecule is C1=c2sc3c(-c4nc(-c5ccccc5)nc(-c5cccc6c5sc5ccccc56)n4)cc(-n4c5ccccc5c5ccccc54)cc3c2=CCN1. The summed E-state index contributed by atoms with van der Waals surface area (Å²) in [5.74, 6) is 1.99. The number of para-hydroxylation sites is 2. The Bertz CT molecular complexity index is 3100. The smallest absolute Gasteiger partial charge is 0.165 e. The third-order valence-electron chi connectivity index (χ3n) is 9.89. The summed E-state index contributed by atoms with van der Waals surface area (Å²) in [4.78, 5) is 15.8. The maximum Gasteiger partial charge on any atom is 0.165 e. The second kappa shape index (κ2) is 11.2. The number of aromatic nitrogens is 4. The van der Waals surface area contributed by atoms with Crippen molar-refractivity contribution in [3.05, 3.63) is 143 Å². The third kappa shape index (κ3) is 4.42. The average molecular weight is 690 g/mol. The van der Waals surface area contributed by atoms with Crippen molar-refractivity contribution in [2.24, 2.45) is 0 Å². The van der Waals surface area contributed by atoms with Gasteiger partial charge in [0.1, 0.15) is 0 Å². The molecular weight excluding hydrogens is 663 g/mol. The molecule has 1 aliphatic rings. The summed E-state index contributed by atoms with van der Waals surface area (Å²) < 4.78 is 7.20. The predicted octanol–water partition coefficient (Wildman–Crippen LogP) is 9.67. The number of fused-ring (bicyclic) bond motifs is 9. The lowest BCUT2D eigenvalue weighted by atomic mass is 10.1. The fraction of sp³-hybridized carbons (Fsp3) is 0.0227. The van der Waals surface area contributed by atoms with Crippen LogP contribution in [0.1, 0.15) is 0 Å². The van der Waals surface area contributed by atoms with Crippen LogP contribution in [0.25, 0.3) is 104 Å². The van der Waals surface area contributed by atoms with Gasteiger partial charge in [-0.15, -0.1) is 22.7 Å². The van der Waals surface area contributed by atoms with Crippen LogP contribution in [0.2, 0.25) is 0 Å². The number of nitrogens with one attached hydrogen (secondary N) is 1. The van der Waals surface area contributed by atoms with E-state index in [1.165, 1.54) is 57.1 Å². The van der Waals surface area contributed by atoms with Crippen LogP contribution in [0.3, 0.4) is 0 Å². The summed E-state index contributed by atoms with van der Waals surface area (Å²) in [6, 6.07) is 47.3. The molecule has 5 heterocycles. The van der Waals surface area contributed by atoms with E-state index in [2.05, 4.69) is 137 Å². The van der Waals surface area contributed by atoms with Crippen molar-refractivity contribution < 1.29 is 0 Å². The summed E-state index contributed by atoms with van der Waals surface area (Å²) >= 11 is 3.58. The molecule has 10 aromatic rings. The number of hydrogen-bond acceptors (Lipinski definition) is 6. The van der Waals surface area contributed by atoms with Crippen LogP contribution in [0.4, 0.5) is 0 Å². The topological polar surface area (TPSA) is 55.6 Å². The van der Waals surface area contributed by atoms with Crippen molar-refractivity contribution >= 4 is 87.0 Å². The van der Waals surface area contributed by atoms with E-state index in [-0.39, 0.29) is 0 Å². The van der Waals surface area contributed by atoms with Gasteiger partial charge in [0, 0.05) is 76.2 Å². The second-order valence-corrected chi connectivity index (χ2v) is 14.9. The fourth-order valence-corrected chi connectivity index (χ4v) is 10.0. The van der Waals surface area contributed by atoms with Gasteiger partial charge in [0.15, 0.2) is 17.5 Å². The van der Waals surface area contributed by atoms with E-state index in [0.717, 1.165) is 33.6 Å². The molecule has 1 N–H and O–H groups in total. The number of thiophene rings is 2. The van der Waals surface area contributed by atoms with Crippen molar-refractivity contribution in [3.8, 4) is 39.9 Å². The van der Waals surface area contributed by atoms with Crippen LogP contribution in [0.15, 0.2) is 133 Å². The molecule has 0 atom stereocenters. The highest BCUT2D eigenvalue weighted by atomic mass is 32.1. The Kier molecular flexibility index (Phi) is 6.29. The zero-order valence-electron chi connectivity index (χ0n) is 27.2. The summed E-state index contributed by atoms with van der Waals surface area (Å²) in [6.45, 7) is 0.793. The Hall–Kier alpha value is -6.15. The highest BCUT2D eigenvalue weighted by Crippen LogP contribution is 2.41. The lowest BCUT2D eigenvalue weighted by Crippen LogP contribution is -2.28. The number of hydrogen-bond donors (Lipinski definition) is 1. The minimum absolute atomic E-state index is 0.658. The van der Waals surface area contributed by atoms with E-state index in [4.69, 9.17) is 15.0 Å². The van der Waals surface area contributed by atoms with E-state index in [1.807, 2.05) is 18.2 Å². The van der Waals surface area contributed by atoms with Gasteiger partial charge in [-0.05, 0) is 41.6 Å². The van der Waals surface area contributed by atoms with Crippen LogP contribution in [-0.4, -0.2) is 26.1 Å². The zero-order valence-corrected chi connectivity index (χ0v) is 28.8. The summed E-state index contributed by atoms with van der Waals surface area (Å²) in [6.07, 6.45) is 4.43. The predicted molar refractivity (Wildman–Crippen MR) is 215 cm³/mol. The molecule has 51 heavy (non-hydrogen) atoms. The molecule has 6 aromatic carbocycles. The molecule has 4 aromatic heterocycles. The monoisotopic (exact) mass is 689 g/mol. The summed E-state index contributed by atoms with van der Waals surface area (Å²) in [5, 5.41) is 10.8. The first-order valence-corrected chi connectivity index (χ1v) is 18.6. The van der Waals surface area contributed by atoms with Crippen LogP contribution in [0.5, 0.6) is 0 Å². The van der Waals surface area contributed by atoms with E-state index in [9.17, 15) is 0 Å². The van der Waals surface area contributed by atoms with Gasteiger partial charge in [0.25, 0.3) is 0 Å². The maximum atomic E-state index is 5.37. The Morgan fingerprint density at radius 1 is 0.529 bits per heavy atom. The van der Waals surface area contributed by atoms with Crippen molar-refractivity contribution in [2.75, 3.05) is 6.54 Å². The van der Waals surface area contributed by atoms with E-state index < -0.39 is 0 Å². The first-order valence-electron chi connectivity index (χ1n) is 17.0. The van der Waals surface area contributed by atoms with Crippen molar-refractivity contribution in [1.82, 2.24) is 24.8 Å². The van der Waals surface area contributed by atoms with Gasteiger partial charge in [0.05, 0.1) is 15.6 Å². The lowest BCUT2D eigenvalue weighted by molar-refractivity contribution is 1.06. The number of benzene rings is 6. The minimum atomic E-state index is 0.658. The average Bonchev–Trinajstić information content (AvgIpc) is 3.87. The molecule has 0 fully saturated rings. The maximum absolute atomic E-state index is 5.37. The van der Waals surface area contributed by atoms with Crippen molar-refractivity contribution in [3.63, 3.8) is 0 Å².